The number of hydrogen-bond acceptors (Lipinski definition) is 5. The second-order valence-corrected chi connectivity index (χ2v) is 5.96. The van der Waals surface area contributed by atoms with Crippen LogP contribution in [-0.2, 0) is 0 Å². The molecule has 2 aromatic heterocycles. The summed E-state index contributed by atoms with van der Waals surface area (Å²) in [4.78, 5) is 15.7. The van der Waals surface area contributed by atoms with Gasteiger partial charge in [0.05, 0.1) is 23.8 Å². The number of hydrogen-bond donors (Lipinski definition) is 0. The minimum absolute atomic E-state index is 0.325. The second-order valence-electron chi connectivity index (χ2n) is 4.82. The van der Waals surface area contributed by atoms with E-state index in [1.54, 1.807) is 6.92 Å². The maximum Gasteiger partial charge on any atom is 0.237 e. The normalized spacial score (nSPS) is 13.9. The molecule has 1 aliphatic carbocycles. The topological polar surface area (TPSA) is 60.8 Å². The van der Waals surface area contributed by atoms with E-state index in [9.17, 15) is 0 Å². The predicted molar refractivity (Wildman–Crippen MR) is 86.8 cm³/mol. The maximum absolute atomic E-state index is 5.71. The number of halogens is 3. The molecule has 22 heavy (non-hydrogen) atoms. The van der Waals surface area contributed by atoms with Crippen molar-refractivity contribution in [2.45, 2.75) is 39.2 Å². The summed E-state index contributed by atoms with van der Waals surface area (Å²) >= 11 is 16.7. The first-order valence-corrected chi connectivity index (χ1v) is 7.89. The van der Waals surface area contributed by atoms with Crippen LogP contribution in [0.3, 0.4) is 0 Å². The summed E-state index contributed by atoms with van der Waals surface area (Å²) < 4.78 is 5.60. The Balaban J connectivity index is 0.000000172. The first-order chi connectivity index (χ1) is 10.5. The van der Waals surface area contributed by atoms with Crippen LogP contribution in [0.15, 0.2) is 12.4 Å². The van der Waals surface area contributed by atoms with E-state index in [0.717, 1.165) is 18.5 Å². The summed E-state index contributed by atoms with van der Waals surface area (Å²) in [5.41, 5.74) is 1.50. The molecule has 0 spiro atoms. The number of ether oxygens (including phenoxy) is 1. The number of aryl methyl sites for hydroxylation is 2. The molecule has 1 aliphatic rings. The zero-order valence-corrected chi connectivity index (χ0v) is 14.5. The quantitative estimate of drug-likeness (QED) is 0.790. The van der Waals surface area contributed by atoms with Crippen molar-refractivity contribution >= 4 is 34.8 Å². The monoisotopic (exact) mass is 360 g/mol. The summed E-state index contributed by atoms with van der Waals surface area (Å²) in [5.74, 6) is 0.581. The zero-order chi connectivity index (χ0) is 16.1. The van der Waals surface area contributed by atoms with Gasteiger partial charge < -0.3 is 4.74 Å². The van der Waals surface area contributed by atoms with Gasteiger partial charge in [0.15, 0.2) is 10.3 Å². The Morgan fingerprint density at radius 2 is 1.55 bits per heavy atom. The first kappa shape index (κ1) is 17.2. The molecule has 0 amide bonds. The van der Waals surface area contributed by atoms with Gasteiger partial charge in [-0.3, -0.25) is 9.97 Å². The molecule has 0 unspecified atom stereocenters. The van der Waals surface area contributed by atoms with Gasteiger partial charge in [-0.15, -0.1) is 0 Å². The van der Waals surface area contributed by atoms with Crippen LogP contribution in [-0.4, -0.2) is 26.0 Å². The molecule has 5 nitrogen and oxygen atoms in total. The van der Waals surface area contributed by atoms with E-state index in [2.05, 4.69) is 19.9 Å². The van der Waals surface area contributed by atoms with Crippen LogP contribution in [0, 0.1) is 13.8 Å². The third-order valence-electron chi connectivity index (χ3n) is 3.08. The summed E-state index contributed by atoms with van der Waals surface area (Å²) in [6.45, 7) is 3.64. The Kier molecular flexibility index (Phi) is 6.17. The van der Waals surface area contributed by atoms with Crippen molar-refractivity contribution < 1.29 is 4.74 Å². The van der Waals surface area contributed by atoms with Crippen molar-refractivity contribution in [3.05, 3.63) is 39.2 Å². The van der Waals surface area contributed by atoms with Gasteiger partial charge in [0.2, 0.25) is 5.88 Å². The second kappa shape index (κ2) is 7.90. The third kappa shape index (κ3) is 4.93. The van der Waals surface area contributed by atoms with E-state index in [-0.39, 0.29) is 0 Å². The van der Waals surface area contributed by atoms with E-state index >= 15 is 0 Å². The Morgan fingerprint density at radius 3 is 2.05 bits per heavy atom. The summed E-state index contributed by atoms with van der Waals surface area (Å²) in [6.07, 6.45) is 6.80. The molecule has 0 aliphatic heterocycles. The lowest BCUT2D eigenvalue weighted by molar-refractivity contribution is 0.113. The Labute approximate surface area is 144 Å². The smallest absolute Gasteiger partial charge is 0.237 e. The van der Waals surface area contributed by atoms with E-state index in [1.165, 1.54) is 18.8 Å². The fraction of sp³-hybridized carbons (Fsp3) is 0.429. The zero-order valence-electron chi connectivity index (χ0n) is 12.2. The Morgan fingerprint density at radius 1 is 0.955 bits per heavy atom. The van der Waals surface area contributed by atoms with Crippen molar-refractivity contribution in [2.24, 2.45) is 0 Å². The van der Waals surface area contributed by atoms with Crippen molar-refractivity contribution in [3.63, 3.8) is 0 Å². The molecule has 0 aromatic carbocycles. The largest absolute Gasteiger partial charge is 0.473 e. The lowest BCUT2D eigenvalue weighted by Gasteiger charge is -2.26. The van der Waals surface area contributed by atoms with Crippen molar-refractivity contribution in [3.8, 4) is 5.88 Å². The fourth-order valence-electron chi connectivity index (χ4n) is 1.58. The Hall–Kier alpha value is -1.17. The lowest BCUT2D eigenvalue weighted by Crippen LogP contribution is -2.25. The molecule has 0 bridgehead atoms. The lowest BCUT2D eigenvalue weighted by atomic mass is 9.96. The molecule has 1 fully saturated rings. The van der Waals surface area contributed by atoms with E-state index in [0.29, 0.717) is 33.1 Å². The number of rotatable bonds is 2. The summed E-state index contributed by atoms with van der Waals surface area (Å²) in [6, 6.07) is 0. The Bertz CT molecular complexity index is 650. The van der Waals surface area contributed by atoms with Gasteiger partial charge in [0, 0.05) is 0 Å². The number of nitrogens with zero attached hydrogens (tertiary/aromatic N) is 4. The van der Waals surface area contributed by atoms with Gasteiger partial charge in [0.25, 0.3) is 0 Å². The SMILES string of the molecule is Cc1ncc(Cl)nc1Cl.Cc1ncc(Cl)nc1OC1CCC1. The van der Waals surface area contributed by atoms with Gasteiger partial charge in [-0.05, 0) is 33.1 Å². The predicted octanol–water partition coefficient (Wildman–Crippen LogP) is 4.46. The molecule has 0 radical (unpaired) electrons. The molecule has 2 aromatic rings. The highest BCUT2D eigenvalue weighted by Gasteiger charge is 2.20. The van der Waals surface area contributed by atoms with Crippen molar-refractivity contribution in [1.82, 2.24) is 19.9 Å². The fourth-order valence-corrected chi connectivity index (χ4v) is 2.02. The third-order valence-corrected chi connectivity index (χ3v) is 3.80. The summed E-state index contributed by atoms with van der Waals surface area (Å²) in [5, 5.41) is 1.08. The standard InChI is InChI=1S/C9H11ClN2O.C5H4Cl2N2/c1-6-9(12-8(10)5-11-6)13-7-3-2-4-7;1-3-5(7)9-4(6)2-8-3/h5,7H,2-4H2,1H3;2H,1H3. The average molecular weight is 362 g/mol. The number of aromatic nitrogens is 4. The highest BCUT2D eigenvalue weighted by Crippen LogP contribution is 2.25. The van der Waals surface area contributed by atoms with Gasteiger partial charge in [0.1, 0.15) is 11.3 Å². The average Bonchev–Trinajstić information content (AvgIpc) is 2.43. The minimum atomic E-state index is 0.325. The van der Waals surface area contributed by atoms with Crippen molar-refractivity contribution in [2.75, 3.05) is 0 Å². The molecule has 118 valence electrons. The highest BCUT2D eigenvalue weighted by molar-refractivity contribution is 6.32. The van der Waals surface area contributed by atoms with E-state index in [4.69, 9.17) is 39.5 Å². The van der Waals surface area contributed by atoms with Crippen LogP contribution < -0.4 is 4.74 Å². The molecular weight excluding hydrogens is 347 g/mol. The molecule has 1 saturated carbocycles. The first-order valence-electron chi connectivity index (χ1n) is 6.76. The van der Waals surface area contributed by atoms with Crippen LogP contribution in [0.1, 0.15) is 30.7 Å². The van der Waals surface area contributed by atoms with Crippen LogP contribution in [0.4, 0.5) is 0 Å². The van der Waals surface area contributed by atoms with Gasteiger partial charge in [-0.1, -0.05) is 34.8 Å². The van der Waals surface area contributed by atoms with E-state index < -0.39 is 0 Å². The van der Waals surface area contributed by atoms with Crippen LogP contribution in [0.2, 0.25) is 15.5 Å². The maximum atomic E-state index is 5.71. The molecule has 3 rings (SSSR count). The van der Waals surface area contributed by atoms with Gasteiger partial charge in [-0.2, -0.15) is 4.98 Å². The van der Waals surface area contributed by atoms with Gasteiger partial charge in [-0.25, -0.2) is 4.98 Å². The molecule has 0 saturated heterocycles. The van der Waals surface area contributed by atoms with Crippen molar-refractivity contribution in [1.29, 1.82) is 0 Å². The highest BCUT2D eigenvalue weighted by atomic mass is 35.5. The van der Waals surface area contributed by atoms with E-state index in [1.807, 2.05) is 6.92 Å². The molecular formula is C14H15Cl3N4O. The van der Waals surface area contributed by atoms with Crippen LogP contribution in [0.5, 0.6) is 5.88 Å². The van der Waals surface area contributed by atoms with Crippen LogP contribution in [0.25, 0.3) is 0 Å². The molecule has 0 atom stereocenters. The molecule has 8 heteroatoms. The minimum Gasteiger partial charge on any atom is -0.473 e. The molecule has 2 heterocycles. The molecule has 0 N–H and O–H groups in total. The summed E-state index contributed by atoms with van der Waals surface area (Å²) in [7, 11) is 0. The van der Waals surface area contributed by atoms with Crippen LogP contribution >= 0.6 is 34.8 Å². The van der Waals surface area contributed by atoms with Gasteiger partial charge >= 0.3 is 0 Å².